The van der Waals surface area contributed by atoms with E-state index < -0.39 is 0 Å². The number of hydrogen-bond acceptors (Lipinski definition) is 3. The van der Waals surface area contributed by atoms with Gasteiger partial charge in [0.15, 0.2) is 0 Å². The molecule has 0 fully saturated rings. The maximum atomic E-state index is 10.1. The van der Waals surface area contributed by atoms with Crippen LogP contribution in [0.25, 0.3) is 10.8 Å². The van der Waals surface area contributed by atoms with E-state index in [0.29, 0.717) is 12.3 Å². The molecule has 0 bridgehead atoms. The first kappa shape index (κ1) is 15.8. The Morgan fingerprint density at radius 1 is 1.05 bits per heavy atom. The predicted octanol–water partition coefficient (Wildman–Crippen LogP) is 3.37. The predicted molar refractivity (Wildman–Crippen MR) is 89.7 cm³/mol. The monoisotopic (exact) mass is 286 g/mol. The molecule has 2 aromatic rings. The summed E-state index contributed by atoms with van der Waals surface area (Å²) >= 11 is 0. The van der Waals surface area contributed by atoms with Crippen molar-refractivity contribution in [2.75, 3.05) is 26.2 Å². The second-order valence-electron chi connectivity index (χ2n) is 5.40. The summed E-state index contributed by atoms with van der Waals surface area (Å²) in [6.45, 7) is 9.35. The van der Waals surface area contributed by atoms with E-state index in [1.54, 1.807) is 6.07 Å². The Bertz CT molecular complexity index is 568. The summed E-state index contributed by atoms with van der Waals surface area (Å²) in [5.41, 5.74) is 0.992. The van der Waals surface area contributed by atoms with E-state index in [-0.39, 0.29) is 0 Å². The Morgan fingerprint density at radius 3 is 2.62 bits per heavy atom. The summed E-state index contributed by atoms with van der Waals surface area (Å²) in [6, 6.07) is 12.0. The first-order valence-electron chi connectivity index (χ1n) is 7.89. The maximum absolute atomic E-state index is 10.1. The van der Waals surface area contributed by atoms with Gasteiger partial charge >= 0.3 is 0 Å². The van der Waals surface area contributed by atoms with Crippen LogP contribution in [0.3, 0.4) is 0 Å². The number of phenols is 1. The smallest absolute Gasteiger partial charge is 0.120 e. The number of nitrogens with zero attached hydrogens (tertiary/aromatic N) is 1. The highest BCUT2D eigenvalue weighted by molar-refractivity contribution is 5.87. The summed E-state index contributed by atoms with van der Waals surface area (Å²) in [5, 5.41) is 15.9. The molecule has 0 heterocycles. The number of hydrogen-bond donors (Lipinski definition) is 2. The van der Waals surface area contributed by atoms with Crippen molar-refractivity contribution in [3.05, 3.63) is 42.0 Å². The van der Waals surface area contributed by atoms with Crippen LogP contribution in [0.4, 0.5) is 0 Å². The molecule has 3 nitrogen and oxygen atoms in total. The molecule has 0 radical (unpaired) electrons. The van der Waals surface area contributed by atoms with Crippen LogP contribution >= 0.6 is 0 Å². The van der Waals surface area contributed by atoms with Crippen molar-refractivity contribution in [1.82, 2.24) is 10.2 Å². The first-order valence-corrected chi connectivity index (χ1v) is 7.89. The third-order valence-corrected chi connectivity index (χ3v) is 3.91. The van der Waals surface area contributed by atoms with E-state index in [1.165, 1.54) is 11.8 Å². The fraction of sp³-hybridized carbons (Fsp3) is 0.444. The Morgan fingerprint density at radius 2 is 1.86 bits per heavy atom. The summed E-state index contributed by atoms with van der Waals surface area (Å²) in [7, 11) is 0. The van der Waals surface area contributed by atoms with Gasteiger partial charge in [-0.2, -0.15) is 0 Å². The molecule has 2 aromatic carbocycles. The molecular weight excluding hydrogens is 260 g/mol. The summed E-state index contributed by atoms with van der Waals surface area (Å²) < 4.78 is 0. The molecule has 0 aliphatic heterocycles. The molecule has 21 heavy (non-hydrogen) atoms. The van der Waals surface area contributed by atoms with Crippen LogP contribution in [-0.2, 0) is 6.54 Å². The number of nitrogens with one attached hydrogen (secondary N) is 1. The van der Waals surface area contributed by atoms with Crippen LogP contribution in [0.1, 0.15) is 25.8 Å². The van der Waals surface area contributed by atoms with Gasteiger partial charge in [0.05, 0.1) is 0 Å². The minimum Gasteiger partial charge on any atom is -0.508 e. The zero-order valence-electron chi connectivity index (χ0n) is 13.1. The molecular formula is C18H26N2O. The van der Waals surface area contributed by atoms with Crippen molar-refractivity contribution in [2.24, 2.45) is 0 Å². The number of aromatic hydroxyl groups is 1. The van der Waals surface area contributed by atoms with E-state index in [1.807, 2.05) is 18.2 Å². The number of fused-ring (bicyclic) bond motifs is 1. The maximum Gasteiger partial charge on any atom is 0.120 e. The van der Waals surface area contributed by atoms with Gasteiger partial charge in [-0.05, 0) is 36.3 Å². The molecule has 0 atom stereocenters. The third-order valence-electron chi connectivity index (χ3n) is 3.91. The lowest BCUT2D eigenvalue weighted by molar-refractivity contribution is 0.287. The van der Waals surface area contributed by atoms with Gasteiger partial charge in [-0.15, -0.1) is 0 Å². The number of likely N-dealkylation sites (N-methyl/N-ethyl adjacent to an activating group) is 1. The second kappa shape index (κ2) is 8.01. The lowest BCUT2D eigenvalue weighted by Crippen LogP contribution is -2.32. The fourth-order valence-electron chi connectivity index (χ4n) is 2.71. The topological polar surface area (TPSA) is 35.5 Å². The number of rotatable bonds is 8. The highest BCUT2D eigenvalue weighted by Gasteiger charge is 2.06. The molecule has 0 aliphatic rings. The van der Waals surface area contributed by atoms with Crippen LogP contribution < -0.4 is 5.32 Å². The lowest BCUT2D eigenvalue weighted by Gasteiger charge is -2.19. The van der Waals surface area contributed by atoms with Gasteiger partial charge in [0.2, 0.25) is 0 Å². The van der Waals surface area contributed by atoms with Gasteiger partial charge < -0.3 is 15.3 Å². The van der Waals surface area contributed by atoms with Gasteiger partial charge in [-0.25, -0.2) is 0 Å². The average Bonchev–Trinajstić information content (AvgIpc) is 2.52. The van der Waals surface area contributed by atoms with Crippen LogP contribution in [0, 0.1) is 0 Å². The molecule has 0 saturated heterocycles. The van der Waals surface area contributed by atoms with Crippen molar-refractivity contribution in [3.63, 3.8) is 0 Å². The largest absolute Gasteiger partial charge is 0.508 e. The Balaban J connectivity index is 1.96. The Kier molecular flexibility index (Phi) is 6.03. The highest BCUT2D eigenvalue weighted by atomic mass is 16.3. The van der Waals surface area contributed by atoms with Gasteiger partial charge in [0.25, 0.3) is 0 Å². The Hall–Kier alpha value is -1.58. The molecule has 0 aromatic heterocycles. The standard InChI is InChI=1S/C18H26N2O/c1-3-12-20(4-2)13-11-19-14-17-16-8-6-5-7-15(16)9-10-18(17)21/h5-10,19,21H,3-4,11-14H2,1-2H3. The number of benzene rings is 2. The van der Waals surface area contributed by atoms with Crippen molar-refractivity contribution < 1.29 is 5.11 Å². The van der Waals surface area contributed by atoms with Crippen LogP contribution in [0.2, 0.25) is 0 Å². The van der Waals surface area contributed by atoms with E-state index in [2.05, 4.69) is 36.2 Å². The quantitative estimate of drug-likeness (QED) is 0.730. The van der Waals surface area contributed by atoms with Gasteiger partial charge in [-0.1, -0.05) is 44.2 Å². The molecule has 0 saturated carbocycles. The summed E-state index contributed by atoms with van der Waals surface area (Å²) in [4.78, 5) is 2.44. The van der Waals surface area contributed by atoms with Gasteiger partial charge in [0, 0.05) is 25.2 Å². The summed E-state index contributed by atoms with van der Waals surface area (Å²) in [5.74, 6) is 0.377. The molecule has 2 rings (SSSR count). The van der Waals surface area contributed by atoms with Crippen molar-refractivity contribution >= 4 is 10.8 Å². The minimum atomic E-state index is 0.377. The third kappa shape index (κ3) is 4.19. The molecule has 0 unspecified atom stereocenters. The van der Waals surface area contributed by atoms with Crippen LogP contribution in [0.15, 0.2) is 36.4 Å². The molecule has 3 heteroatoms. The molecule has 2 N–H and O–H groups in total. The molecule has 0 amide bonds. The van der Waals surface area contributed by atoms with Crippen molar-refractivity contribution in [2.45, 2.75) is 26.8 Å². The molecule has 114 valence electrons. The van der Waals surface area contributed by atoms with Crippen LogP contribution in [-0.4, -0.2) is 36.2 Å². The van der Waals surface area contributed by atoms with E-state index in [4.69, 9.17) is 0 Å². The SMILES string of the molecule is CCCN(CC)CCNCc1c(O)ccc2ccccc12. The second-order valence-corrected chi connectivity index (χ2v) is 5.40. The van der Waals surface area contributed by atoms with E-state index in [9.17, 15) is 5.11 Å². The van der Waals surface area contributed by atoms with E-state index in [0.717, 1.165) is 37.1 Å². The zero-order valence-corrected chi connectivity index (χ0v) is 13.1. The average molecular weight is 286 g/mol. The number of phenolic OH excluding ortho intramolecular Hbond substituents is 1. The molecule has 0 aliphatic carbocycles. The zero-order chi connectivity index (χ0) is 15.1. The Labute approximate surface area is 127 Å². The molecule has 0 spiro atoms. The van der Waals surface area contributed by atoms with Gasteiger partial charge in [-0.3, -0.25) is 0 Å². The van der Waals surface area contributed by atoms with Gasteiger partial charge in [0.1, 0.15) is 5.75 Å². The lowest BCUT2D eigenvalue weighted by atomic mass is 10.0. The van der Waals surface area contributed by atoms with Crippen molar-refractivity contribution in [3.8, 4) is 5.75 Å². The normalized spacial score (nSPS) is 11.4. The summed E-state index contributed by atoms with van der Waals surface area (Å²) in [6.07, 6.45) is 1.19. The van der Waals surface area contributed by atoms with E-state index >= 15 is 0 Å². The highest BCUT2D eigenvalue weighted by Crippen LogP contribution is 2.26. The van der Waals surface area contributed by atoms with Crippen LogP contribution in [0.5, 0.6) is 5.75 Å². The fourth-order valence-corrected chi connectivity index (χ4v) is 2.71. The minimum absolute atomic E-state index is 0.377. The van der Waals surface area contributed by atoms with Crippen molar-refractivity contribution in [1.29, 1.82) is 0 Å². The first-order chi connectivity index (χ1) is 10.3.